The number of amides is 1. The molecule has 2 atom stereocenters. The van der Waals surface area contributed by atoms with Gasteiger partial charge in [0.05, 0.1) is 18.2 Å². The predicted molar refractivity (Wildman–Crippen MR) is 102 cm³/mol. The Balaban J connectivity index is 2.02. The minimum absolute atomic E-state index is 0.0468. The first-order valence-corrected chi connectivity index (χ1v) is 8.82. The molecule has 0 bridgehead atoms. The Hall–Kier alpha value is -2.64. The van der Waals surface area contributed by atoms with Crippen molar-refractivity contribution >= 4 is 28.4 Å². The summed E-state index contributed by atoms with van der Waals surface area (Å²) in [6, 6.07) is 7.90. The molecule has 0 fully saturated rings. The van der Waals surface area contributed by atoms with Crippen LogP contribution in [-0.4, -0.2) is 48.3 Å². The first-order valence-electron chi connectivity index (χ1n) is 8.82. The van der Waals surface area contributed by atoms with E-state index in [4.69, 9.17) is 10.5 Å². The van der Waals surface area contributed by atoms with Gasteiger partial charge >= 0.3 is 0 Å². The lowest BCUT2D eigenvalue weighted by Gasteiger charge is -2.19. The largest absolute Gasteiger partial charge is 0.382 e. The third kappa shape index (κ3) is 5.94. The molecule has 7 nitrogen and oxygen atoms in total. The highest BCUT2D eigenvalue weighted by Gasteiger charge is 2.24. The van der Waals surface area contributed by atoms with Crippen molar-refractivity contribution in [3.05, 3.63) is 42.1 Å². The Labute approximate surface area is 158 Å². The molecule has 0 spiro atoms. The van der Waals surface area contributed by atoms with E-state index in [-0.39, 0.29) is 31.0 Å². The van der Waals surface area contributed by atoms with Crippen molar-refractivity contribution in [3.8, 4) is 0 Å². The van der Waals surface area contributed by atoms with Crippen LogP contribution in [0, 0.1) is 0 Å². The minimum Gasteiger partial charge on any atom is -0.382 e. The van der Waals surface area contributed by atoms with Crippen LogP contribution in [0.15, 0.2) is 36.5 Å². The molecular formula is C20H25N3O4. The molecule has 1 heterocycles. The number of carbonyl (C=O) groups excluding carboxylic acids is 3. The zero-order valence-corrected chi connectivity index (χ0v) is 15.6. The van der Waals surface area contributed by atoms with Crippen LogP contribution in [-0.2, 0) is 25.5 Å². The molecule has 0 aliphatic carbocycles. The maximum absolute atomic E-state index is 12.6. The van der Waals surface area contributed by atoms with Gasteiger partial charge in [0.2, 0.25) is 5.91 Å². The van der Waals surface area contributed by atoms with Crippen molar-refractivity contribution in [2.45, 2.75) is 38.3 Å². The lowest BCUT2D eigenvalue weighted by atomic mass is 10.0. The van der Waals surface area contributed by atoms with E-state index in [1.165, 1.54) is 14.0 Å². The van der Waals surface area contributed by atoms with E-state index in [1.54, 1.807) is 6.20 Å². The second kappa shape index (κ2) is 9.89. The summed E-state index contributed by atoms with van der Waals surface area (Å²) in [6.07, 6.45) is 2.38. The van der Waals surface area contributed by atoms with Gasteiger partial charge in [-0.2, -0.15) is 0 Å². The number of methoxy groups -OCH3 is 1. The monoisotopic (exact) mass is 371 g/mol. The second-order valence-electron chi connectivity index (χ2n) is 6.49. The van der Waals surface area contributed by atoms with Crippen LogP contribution < -0.4 is 11.1 Å². The molecule has 7 heteroatoms. The number of aromatic nitrogens is 1. The van der Waals surface area contributed by atoms with Crippen molar-refractivity contribution in [1.29, 1.82) is 0 Å². The molecular weight excluding hydrogens is 346 g/mol. The molecule has 27 heavy (non-hydrogen) atoms. The summed E-state index contributed by atoms with van der Waals surface area (Å²) in [5, 5.41) is 3.60. The highest BCUT2D eigenvalue weighted by Crippen LogP contribution is 2.17. The quantitative estimate of drug-likeness (QED) is 0.649. The van der Waals surface area contributed by atoms with Crippen LogP contribution in [0.2, 0.25) is 0 Å². The van der Waals surface area contributed by atoms with Gasteiger partial charge in [-0.1, -0.05) is 24.3 Å². The van der Waals surface area contributed by atoms with E-state index >= 15 is 0 Å². The van der Waals surface area contributed by atoms with Crippen LogP contribution in [0.3, 0.4) is 0 Å². The van der Waals surface area contributed by atoms with Crippen LogP contribution in [0.4, 0.5) is 0 Å². The minimum atomic E-state index is -0.975. The van der Waals surface area contributed by atoms with Crippen molar-refractivity contribution in [2.24, 2.45) is 5.73 Å². The van der Waals surface area contributed by atoms with Crippen molar-refractivity contribution in [2.75, 3.05) is 13.7 Å². The third-order valence-electron chi connectivity index (χ3n) is 4.24. The Morgan fingerprint density at radius 1 is 1.22 bits per heavy atom. The number of benzene rings is 1. The summed E-state index contributed by atoms with van der Waals surface area (Å²) in [5.41, 5.74) is 7.53. The van der Waals surface area contributed by atoms with Crippen LogP contribution >= 0.6 is 0 Å². The van der Waals surface area contributed by atoms with Gasteiger partial charge in [0.1, 0.15) is 11.8 Å². The number of nitrogens with two attached hydrogens (primary N) is 1. The first kappa shape index (κ1) is 20.7. The fraction of sp³-hybridized carbons (Fsp3) is 0.400. The molecule has 0 aliphatic heterocycles. The van der Waals surface area contributed by atoms with E-state index in [9.17, 15) is 14.4 Å². The van der Waals surface area contributed by atoms with E-state index in [0.29, 0.717) is 6.42 Å². The highest BCUT2D eigenvalue weighted by atomic mass is 16.5. The number of Topliss-reactive ketones (excluding diaryl/α,β-unsaturated/α-hetero) is 2. The summed E-state index contributed by atoms with van der Waals surface area (Å²) in [6.45, 7) is 1.41. The van der Waals surface area contributed by atoms with E-state index in [0.717, 1.165) is 16.5 Å². The predicted octanol–water partition coefficient (Wildman–Crippen LogP) is 1.17. The molecule has 0 radical (unpaired) electrons. The fourth-order valence-corrected chi connectivity index (χ4v) is 2.86. The second-order valence-corrected chi connectivity index (χ2v) is 6.49. The van der Waals surface area contributed by atoms with Gasteiger partial charge in [-0.05, 0) is 25.0 Å². The lowest BCUT2D eigenvalue weighted by Crippen LogP contribution is -2.50. The van der Waals surface area contributed by atoms with Crippen LogP contribution in [0.25, 0.3) is 10.9 Å². The van der Waals surface area contributed by atoms with Crippen LogP contribution in [0.1, 0.15) is 25.3 Å². The average molecular weight is 371 g/mol. The average Bonchev–Trinajstić information content (AvgIpc) is 2.65. The molecule has 0 aliphatic rings. The number of ketones is 2. The number of rotatable bonds is 10. The van der Waals surface area contributed by atoms with Gasteiger partial charge in [-0.25, -0.2) is 0 Å². The number of carbonyl (C=O) groups is 3. The number of pyridine rings is 1. The summed E-state index contributed by atoms with van der Waals surface area (Å²) in [7, 11) is 1.45. The molecule has 1 amide bonds. The van der Waals surface area contributed by atoms with Gasteiger partial charge in [-0.15, -0.1) is 0 Å². The number of para-hydroxylation sites is 1. The zero-order valence-electron chi connectivity index (χ0n) is 15.6. The summed E-state index contributed by atoms with van der Waals surface area (Å²) in [5.74, 6) is -0.878. The smallest absolute Gasteiger partial charge is 0.238 e. The molecule has 0 saturated carbocycles. The Morgan fingerprint density at radius 2 is 1.96 bits per heavy atom. The van der Waals surface area contributed by atoms with Crippen molar-refractivity contribution < 1.29 is 19.1 Å². The van der Waals surface area contributed by atoms with E-state index in [2.05, 4.69) is 10.3 Å². The molecule has 3 N–H and O–H groups in total. The Bertz CT molecular complexity index is 816. The van der Waals surface area contributed by atoms with E-state index < -0.39 is 18.0 Å². The van der Waals surface area contributed by atoms with Crippen molar-refractivity contribution in [3.63, 3.8) is 0 Å². The number of fused-ring (bicyclic) bond motifs is 1. The van der Waals surface area contributed by atoms with E-state index in [1.807, 2.05) is 30.3 Å². The topological polar surface area (TPSA) is 111 Å². The molecule has 0 saturated heterocycles. The van der Waals surface area contributed by atoms with Gasteiger partial charge < -0.3 is 15.8 Å². The normalized spacial score (nSPS) is 13.1. The standard InChI is InChI=1S/C20H25N3O4/c1-13(24)11-16(21)20(26)23-17(12-27-2)18(25)9-8-15-6-3-5-14-7-4-10-22-19(14)15/h3-7,10,16-17H,8-9,11-12,21H2,1-2H3,(H,23,26)/t16-,17-/m0/s1. The molecule has 2 aromatic rings. The van der Waals surface area contributed by atoms with Crippen LogP contribution in [0.5, 0.6) is 0 Å². The number of ether oxygens (including phenoxy) is 1. The summed E-state index contributed by atoms with van der Waals surface area (Å²) >= 11 is 0. The van der Waals surface area contributed by atoms with Gasteiger partial charge in [0.15, 0.2) is 5.78 Å². The molecule has 1 aromatic carbocycles. The highest BCUT2D eigenvalue weighted by molar-refractivity contribution is 5.93. The number of hydrogen-bond donors (Lipinski definition) is 2. The Morgan fingerprint density at radius 3 is 2.67 bits per heavy atom. The Kier molecular flexibility index (Phi) is 7.57. The fourth-order valence-electron chi connectivity index (χ4n) is 2.86. The summed E-state index contributed by atoms with van der Waals surface area (Å²) in [4.78, 5) is 40.2. The maximum atomic E-state index is 12.6. The summed E-state index contributed by atoms with van der Waals surface area (Å²) < 4.78 is 5.05. The molecule has 2 rings (SSSR count). The maximum Gasteiger partial charge on any atom is 0.238 e. The number of nitrogens with one attached hydrogen (secondary N) is 1. The lowest BCUT2D eigenvalue weighted by molar-refractivity contribution is -0.130. The van der Waals surface area contributed by atoms with Gasteiger partial charge in [-0.3, -0.25) is 19.4 Å². The molecule has 0 unspecified atom stereocenters. The first-order chi connectivity index (χ1) is 12.9. The zero-order chi connectivity index (χ0) is 19.8. The van der Waals surface area contributed by atoms with Gasteiger partial charge in [0.25, 0.3) is 0 Å². The third-order valence-corrected chi connectivity index (χ3v) is 4.24. The number of nitrogens with zero attached hydrogens (tertiary/aromatic N) is 1. The number of hydrogen-bond acceptors (Lipinski definition) is 6. The van der Waals surface area contributed by atoms with Crippen molar-refractivity contribution in [1.82, 2.24) is 10.3 Å². The molecule has 1 aromatic heterocycles. The SMILES string of the molecule is COC[C@H](NC(=O)[C@@H](N)CC(C)=O)C(=O)CCc1cccc2cccnc12. The molecule has 144 valence electrons. The number of aryl methyl sites for hydroxylation is 1. The van der Waals surface area contributed by atoms with Gasteiger partial charge in [0, 0.05) is 31.5 Å².